The second-order valence-electron chi connectivity index (χ2n) is 4.79. The fraction of sp³-hybridized carbons (Fsp3) is 0.188. The first-order chi connectivity index (χ1) is 10.1. The molecule has 21 heavy (non-hydrogen) atoms. The Labute approximate surface area is 123 Å². The highest BCUT2D eigenvalue weighted by Crippen LogP contribution is 2.23. The summed E-state index contributed by atoms with van der Waals surface area (Å²) in [4.78, 5) is 10.2. The van der Waals surface area contributed by atoms with E-state index in [1.54, 1.807) is 6.07 Å². The summed E-state index contributed by atoms with van der Waals surface area (Å²) in [6.07, 6.45) is 0. The lowest BCUT2D eigenvalue weighted by atomic mass is 10.0. The number of nitro groups is 1. The first-order valence-corrected chi connectivity index (χ1v) is 6.59. The van der Waals surface area contributed by atoms with Crippen molar-refractivity contribution in [3.05, 3.63) is 69.8 Å². The molecule has 0 aliphatic carbocycles. The van der Waals surface area contributed by atoms with Crippen LogP contribution in [0.1, 0.15) is 24.0 Å². The topological polar surface area (TPSA) is 79.0 Å². The molecular formula is C16H15N3O2. The lowest BCUT2D eigenvalue weighted by Gasteiger charge is -2.14. The van der Waals surface area contributed by atoms with Crippen LogP contribution in [0.25, 0.3) is 0 Å². The van der Waals surface area contributed by atoms with Crippen LogP contribution in [0.2, 0.25) is 0 Å². The third kappa shape index (κ3) is 3.57. The van der Waals surface area contributed by atoms with Gasteiger partial charge in [0, 0.05) is 18.7 Å². The number of rotatable bonds is 5. The number of nitrogens with zero attached hydrogens (tertiary/aromatic N) is 2. The summed E-state index contributed by atoms with van der Waals surface area (Å²) in [6, 6.07) is 16.3. The highest BCUT2D eigenvalue weighted by Gasteiger charge is 2.11. The van der Waals surface area contributed by atoms with Crippen molar-refractivity contribution in [1.29, 1.82) is 5.26 Å². The Bertz CT molecular complexity index is 678. The molecule has 0 aromatic heterocycles. The van der Waals surface area contributed by atoms with Gasteiger partial charge >= 0.3 is 0 Å². The van der Waals surface area contributed by atoms with Crippen molar-refractivity contribution in [2.75, 3.05) is 11.9 Å². The first-order valence-electron chi connectivity index (χ1n) is 6.59. The molecule has 0 radical (unpaired) electrons. The summed E-state index contributed by atoms with van der Waals surface area (Å²) in [5.74, 6) is 0.271. The molecule has 5 nitrogen and oxygen atoms in total. The molecule has 1 N–H and O–H groups in total. The molecule has 0 aliphatic rings. The Kier molecular flexibility index (Phi) is 4.52. The highest BCUT2D eigenvalue weighted by molar-refractivity contribution is 5.61. The van der Waals surface area contributed by atoms with E-state index < -0.39 is 4.92 Å². The zero-order valence-corrected chi connectivity index (χ0v) is 11.6. The van der Waals surface area contributed by atoms with E-state index in [4.69, 9.17) is 5.26 Å². The van der Waals surface area contributed by atoms with Gasteiger partial charge in [-0.05, 0) is 17.5 Å². The highest BCUT2D eigenvalue weighted by atomic mass is 16.6. The Morgan fingerprint density at radius 2 is 2.00 bits per heavy atom. The summed E-state index contributed by atoms with van der Waals surface area (Å²) in [5, 5.41) is 23.0. The van der Waals surface area contributed by atoms with E-state index in [9.17, 15) is 10.1 Å². The summed E-state index contributed by atoms with van der Waals surface area (Å²) in [6.45, 7) is 2.73. The molecule has 0 amide bonds. The Hall–Kier alpha value is -2.87. The molecule has 0 saturated carbocycles. The number of nitrogens with one attached hydrogen (secondary N) is 1. The van der Waals surface area contributed by atoms with Crippen LogP contribution in [0.5, 0.6) is 0 Å². The van der Waals surface area contributed by atoms with Crippen LogP contribution in [0.4, 0.5) is 11.4 Å². The lowest BCUT2D eigenvalue weighted by molar-refractivity contribution is -0.384. The van der Waals surface area contributed by atoms with Crippen molar-refractivity contribution in [3.63, 3.8) is 0 Å². The fourth-order valence-electron chi connectivity index (χ4n) is 2.05. The molecule has 0 aliphatic heterocycles. The third-order valence-corrected chi connectivity index (χ3v) is 3.30. The van der Waals surface area contributed by atoms with Gasteiger partial charge < -0.3 is 5.32 Å². The van der Waals surface area contributed by atoms with Crippen molar-refractivity contribution in [2.24, 2.45) is 0 Å². The predicted molar refractivity (Wildman–Crippen MR) is 81.2 cm³/mol. The molecule has 0 bridgehead atoms. The van der Waals surface area contributed by atoms with Crippen LogP contribution in [0.15, 0.2) is 48.5 Å². The number of hydrogen-bond donors (Lipinski definition) is 1. The maximum absolute atomic E-state index is 10.7. The van der Waals surface area contributed by atoms with Crippen LogP contribution in [0.3, 0.4) is 0 Å². The predicted octanol–water partition coefficient (Wildman–Crippen LogP) is 3.68. The standard InChI is InChI=1S/C16H15N3O2/c1-12(13-5-3-2-4-6-13)11-18-16-8-7-15(19(20)21)9-14(16)10-17/h2-9,12,18H,11H2,1H3/t12-/m1/s1. The van der Waals surface area contributed by atoms with Gasteiger partial charge in [-0.2, -0.15) is 5.26 Å². The number of hydrogen-bond acceptors (Lipinski definition) is 4. The maximum atomic E-state index is 10.7. The molecule has 5 heteroatoms. The quantitative estimate of drug-likeness (QED) is 0.669. The largest absolute Gasteiger partial charge is 0.383 e. The zero-order valence-electron chi connectivity index (χ0n) is 11.6. The molecule has 2 aromatic carbocycles. The summed E-state index contributed by atoms with van der Waals surface area (Å²) < 4.78 is 0. The summed E-state index contributed by atoms with van der Waals surface area (Å²) >= 11 is 0. The fourth-order valence-corrected chi connectivity index (χ4v) is 2.05. The van der Waals surface area contributed by atoms with Gasteiger partial charge in [-0.15, -0.1) is 0 Å². The van der Waals surface area contributed by atoms with Crippen LogP contribution in [-0.2, 0) is 0 Å². The van der Waals surface area contributed by atoms with Crippen LogP contribution in [-0.4, -0.2) is 11.5 Å². The van der Waals surface area contributed by atoms with Gasteiger partial charge in [0.05, 0.1) is 16.2 Å². The number of nitro benzene ring substituents is 1. The normalized spacial score (nSPS) is 11.4. The molecule has 0 heterocycles. The molecule has 0 saturated heterocycles. The second kappa shape index (κ2) is 6.53. The molecule has 2 aromatic rings. The zero-order chi connectivity index (χ0) is 15.2. The van der Waals surface area contributed by atoms with Gasteiger partial charge in [-0.3, -0.25) is 10.1 Å². The number of anilines is 1. The van der Waals surface area contributed by atoms with E-state index in [0.717, 1.165) is 0 Å². The van der Waals surface area contributed by atoms with E-state index in [0.29, 0.717) is 12.2 Å². The van der Waals surface area contributed by atoms with Gasteiger partial charge in [-0.1, -0.05) is 37.3 Å². The van der Waals surface area contributed by atoms with Crippen LogP contribution in [0, 0.1) is 21.4 Å². The maximum Gasteiger partial charge on any atom is 0.270 e. The SMILES string of the molecule is C[C@H](CNc1ccc([N+](=O)[O-])cc1C#N)c1ccccc1. The molecular weight excluding hydrogens is 266 g/mol. The minimum absolute atomic E-state index is 0.0757. The van der Waals surface area contributed by atoms with Crippen LogP contribution >= 0.6 is 0 Å². The van der Waals surface area contributed by atoms with E-state index in [1.807, 2.05) is 36.4 Å². The minimum atomic E-state index is -0.503. The first kappa shape index (κ1) is 14.5. The number of nitriles is 1. The van der Waals surface area contributed by atoms with E-state index >= 15 is 0 Å². The molecule has 106 valence electrons. The second-order valence-corrected chi connectivity index (χ2v) is 4.79. The van der Waals surface area contributed by atoms with Gasteiger partial charge in [0.1, 0.15) is 6.07 Å². The van der Waals surface area contributed by atoms with Gasteiger partial charge in [0.25, 0.3) is 5.69 Å². The number of benzene rings is 2. The molecule has 0 unspecified atom stereocenters. The minimum Gasteiger partial charge on any atom is -0.383 e. The Morgan fingerprint density at radius 3 is 2.62 bits per heavy atom. The van der Waals surface area contributed by atoms with Crippen molar-refractivity contribution in [1.82, 2.24) is 0 Å². The lowest BCUT2D eigenvalue weighted by Crippen LogP contribution is -2.10. The Morgan fingerprint density at radius 1 is 1.29 bits per heavy atom. The van der Waals surface area contributed by atoms with Crippen molar-refractivity contribution in [3.8, 4) is 6.07 Å². The third-order valence-electron chi connectivity index (χ3n) is 3.30. The summed E-state index contributed by atoms with van der Waals surface area (Å²) in [5.41, 5.74) is 2.02. The smallest absolute Gasteiger partial charge is 0.270 e. The van der Waals surface area contributed by atoms with Crippen molar-refractivity contribution >= 4 is 11.4 Å². The van der Waals surface area contributed by atoms with Gasteiger partial charge in [0.2, 0.25) is 0 Å². The monoisotopic (exact) mass is 281 g/mol. The molecule has 2 rings (SSSR count). The van der Waals surface area contributed by atoms with Crippen LogP contribution < -0.4 is 5.32 Å². The Balaban J connectivity index is 2.10. The van der Waals surface area contributed by atoms with Crippen molar-refractivity contribution in [2.45, 2.75) is 12.8 Å². The van der Waals surface area contributed by atoms with E-state index in [2.05, 4.69) is 12.2 Å². The van der Waals surface area contributed by atoms with E-state index in [-0.39, 0.29) is 17.2 Å². The molecule has 1 atom stereocenters. The van der Waals surface area contributed by atoms with E-state index in [1.165, 1.54) is 17.7 Å². The molecule has 0 spiro atoms. The number of non-ortho nitro benzene ring substituents is 1. The van der Waals surface area contributed by atoms with Gasteiger partial charge in [0.15, 0.2) is 0 Å². The van der Waals surface area contributed by atoms with Gasteiger partial charge in [-0.25, -0.2) is 0 Å². The van der Waals surface area contributed by atoms with Crippen molar-refractivity contribution < 1.29 is 4.92 Å². The summed E-state index contributed by atoms with van der Waals surface area (Å²) in [7, 11) is 0. The average molecular weight is 281 g/mol. The average Bonchev–Trinajstić information content (AvgIpc) is 2.53. The molecule has 0 fully saturated rings.